The first-order valence-corrected chi connectivity index (χ1v) is 6.83. The first kappa shape index (κ1) is 13.2. The zero-order valence-corrected chi connectivity index (χ0v) is 12.7. The van der Waals surface area contributed by atoms with E-state index in [-0.39, 0.29) is 5.91 Å². The summed E-state index contributed by atoms with van der Waals surface area (Å²) in [5, 5.41) is 2.83. The summed E-state index contributed by atoms with van der Waals surface area (Å²) in [6, 6.07) is 7.23. The van der Waals surface area contributed by atoms with E-state index in [1.807, 2.05) is 19.1 Å². The first-order chi connectivity index (χ1) is 8.58. The SMILES string of the molecule is Cc1cc(C(=O)Nc2ccncc2Br)ccc1Br. The van der Waals surface area contributed by atoms with Crippen molar-refractivity contribution in [3.63, 3.8) is 0 Å². The third-order valence-corrected chi connectivity index (χ3v) is 3.96. The molecule has 0 aliphatic carbocycles. The van der Waals surface area contributed by atoms with Gasteiger partial charge in [0.2, 0.25) is 0 Å². The van der Waals surface area contributed by atoms with Crippen molar-refractivity contribution in [3.05, 3.63) is 56.7 Å². The van der Waals surface area contributed by atoms with Crippen molar-refractivity contribution in [2.75, 3.05) is 5.32 Å². The lowest BCUT2D eigenvalue weighted by Crippen LogP contribution is -2.12. The number of benzene rings is 1. The van der Waals surface area contributed by atoms with E-state index in [0.29, 0.717) is 11.3 Å². The standard InChI is InChI=1S/C13H10Br2N2O/c1-8-6-9(2-3-10(8)14)13(18)17-12-4-5-16-7-11(12)15/h2-7H,1H3,(H,16,17,18). The number of aryl methyl sites for hydroxylation is 1. The van der Waals surface area contributed by atoms with Gasteiger partial charge in [0, 0.05) is 22.4 Å². The number of hydrogen-bond donors (Lipinski definition) is 1. The summed E-state index contributed by atoms with van der Waals surface area (Å²) in [6.45, 7) is 1.95. The van der Waals surface area contributed by atoms with Crippen LogP contribution in [0.3, 0.4) is 0 Å². The molecular weight excluding hydrogens is 360 g/mol. The van der Waals surface area contributed by atoms with Gasteiger partial charge in [0.05, 0.1) is 10.2 Å². The Kier molecular flexibility index (Phi) is 4.14. The summed E-state index contributed by atoms with van der Waals surface area (Å²) < 4.78 is 1.75. The second-order valence-electron chi connectivity index (χ2n) is 3.77. The molecule has 0 radical (unpaired) electrons. The molecule has 0 bridgehead atoms. The van der Waals surface area contributed by atoms with Gasteiger partial charge in [-0.2, -0.15) is 0 Å². The first-order valence-electron chi connectivity index (χ1n) is 5.25. The molecular formula is C13H10Br2N2O. The lowest BCUT2D eigenvalue weighted by atomic mass is 10.1. The number of pyridine rings is 1. The van der Waals surface area contributed by atoms with E-state index in [9.17, 15) is 4.79 Å². The van der Waals surface area contributed by atoms with Gasteiger partial charge in [-0.3, -0.25) is 9.78 Å². The number of rotatable bonds is 2. The van der Waals surface area contributed by atoms with Gasteiger partial charge in [0.25, 0.3) is 5.91 Å². The van der Waals surface area contributed by atoms with Crippen LogP contribution in [0.15, 0.2) is 45.6 Å². The molecule has 2 aromatic rings. The van der Waals surface area contributed by atoms with Crippen molar-refractivity contribution in [2.45, 2.75) is 6.92 Å². The number of amides is 1. The van der Waals surface area contributed by atoms with Gasteiger partial charge >= 0.3 is 0 Å². The molecule has 92 valence electrons. The Labute approximate surface area is 122 Å². The van der Waals surface area contributed by atoms with Gasteiger partial charge in [0.15, 0.2) is 0 Å². The van der Waals surface area contributed by atoms with Crippen molar-refractivity contribution >= 4 is 43.5 Å². The van der Waals surface area contributed by atoms with E-state index >= 15 is 0 Å². The van der Waals surface area contributed by atoms with Crippen LogP contribution in [-0.2, 0) is 0 Å². The molecule has 0 aliphatic rings. The van der Waals surface area contributed by atoms with Crippen LogP contribution in [0, 0.1) is 6.92 Å². The Morgan fingerprint density at radius 2 is 2.00 bits per heavy atom. The molecule has 0 atom stereocenters. The highest BCUT2D eigenvalue weighted by Crippen LogP contribution is 2.22. The molecule has 1 aromatic carbocycles. The lowest BCUT2D eigenvalue weighted by molar-refractivity contribution is 0.102. The Bertz CT molecular complexity index is 599. The predicted molar refractivity (Wildman–Crippen MR) is 78.8 cm³/mol. The zero-order valence-electron chi connectivity index (χ0n) is 9.58. The molecule has 1 N–H and O–H groups in total. The van der Waals surface area contributed by atoms with Crippen LogP contribution in [0.5, 0.6) is 0 Å². The highest BCUT2D eigenvalue weighted by atomic mass is 79.9. The molecule has 0 spiro atoms. The summed E-state index contributed by atoms with van der Waals surface area (Å²) in [5.74, 6) is -0.141. The van der Waals surface area contributed by atoms with Gasteiger partial charge in [-0.05, 0) is 52.7 Å². The molecule has 3 nitrogen and oxygen atoms in total. The van der Waals surface area contributed by atoms with Crippen molar-refractivity contribution in [2.24, 2.45) is 0 Å². The second kappa shape index (κ2) is 5.63. The van der Waals surface area contributed by atoms with Crippen LogP contribution in [-0.4, -0.2) is 10.9 Å². The third-order valence-electron chi connectivity index (χ3n) is 2.44. The summed E-state index contributed by atoms with van der Waals surface area (Å²) in [7, 11) is 0. The summed E-state index contributed by atoms with van der Waals surface area (Å²) in [4.78, 5) is 16.0. The predicted octanol–water partition coefficient (Wildman–Crippen LogP) is 4.17. The molecule has 0 fully saturated rings. The number of aromatic nitrogens is 1. The van der Waals surface area contributed by atoms with Gasteiger partial charge < -0.3 is 5.32 Å². The maximum absolute atomic E-state index is 12.1. The summed E-state index contributed by atoms with van der Waals surface area (Å²) in [5.41, 5.74) is 2.35. The van der Waals surface area contributed by atoms with E-state index < -0.39 is 0 Å². The average molecular weight is 370 g/mol. The third kappa shape index (κ3) is 2.97. The fraction of sp³-hybridized carbons (Fsp3) is 0.0769. The molecule has 1 amide bonds. The van der Waals surface area contributed by atoms with E-state index in [1.165, 1.54) is 0 Å². The molecule has 5 heteroatoms. The number of carbonyl (C=O) groups is 1. The van der Waals surface area contributed by atoms with Crippen LogP contribution in [0.1, 0.15) is 15.9 Å². The molecule has 2 rings (SSSR count). The van der Waals surface area contributed by atoms with Crippen LogP contribution in [0.4, 0.5) is 5.69 Å². The number of anilines is 1. The Balaban J connectivity index is 2.22. The van der Waals surface area contributed by atoms with E-state index in [2.05, 4.69) is 42.2 Å². The van der Waals surface area contributed by atoms with Crippen LogP contribution in [0.25, 0.3) is 0 Å². The topological polar surface area (TPSA) is 42.0 Å². The second-order valence-corrected chi connectivity index (χ2v) is 5.48. The van der Waals surface area contributed by atoms with Crippen LogP contribution in [0.2, 0.25) is 0 Å². The zero-order chi connectivity index (χ0) is 13.1. The minimum absolute atomic E-state index is 0.141. The van der Waals surface area contributed by atoms with Gasteiger partial charge in [-0.1, -0.05) is 15.9 Å². The fourth-order valence-electron chi connectivity index (χ4n) is 1.46. The molecule has 0 saturated heterocycles. The highest BCUT2D eigenvalue weighted by molar-refractivity contribution is 9.10. The lowest BCUT2D eigenvalue weighted by Gasteiger charge is -2.07. The monoisotopic (exact) mass is 368 g/mol. The molecule has 0 unspecified atom stereocenters. The van der Waals surface area contributed by atoms with E-state index in [1.54, 1.807) is 24.5 Å². The number of carbonyl (C=O) groups excluding carboxylic acids is 1. The Hall–Kier alpha value is -1.20. The number of nitrogens with one attached hydrogen (secondary N) is 1. The van der Waals surface area contributed by atoms with Crippen molar-refractivity contribution < 1.29 is 4.79 Å². The molecule has 0 aliphatic heterocycles. The Morgan fingerprint density at radius 3 is 2.67 bits per heavy atom. The number of hydrogen-bond acceptors (Lipinski definition) is 2. The maximum atomic E-state index is 12.1. The molecule has 0 saturated carbocycles. The van der Waals surface area contributed by atoms with Gasteiger partial charge in [-0.25, -0.2) is 0 Å². The van der Waals surface area contributed by atoms with Crippen molar-refractivity contribution in [3.8, 4) is 0 Å². The minimum Gasteiger partial charge on any atom is -0.321 e. The van der Waals surface area contributed by atoms with Gasteiger partial charge in [-0.15, -0.1) is 0 Å². The maximum Gasteiger partial charge on any atom is 0.255 e. The largest absolute Gasteiger partial charge is 0.321 e. The minimum atomic E-state index is -0.141. The normalized spacial score (nSPS) is 10.2. The summed E-state index contributed by atoms with van der Waals surface area (Å²) in [6.07, 6.45) is 3.27. The van der Waals surface area contributed by atoms with E-state index in [4.69, 9.17) is 0 Å². The molecule has 18 heavy (non-hydrogen) atoms. The van der Waals surface area contributed by atoms with Crippen molar-refractivity contribution in [1.82, 2.24) is 4.98 Å². The van der Waals surface area contributed by atoms with Crippen LogP contribution >= 0.6 is 31.9 Å². The summed E-state index contributed by atoms with van der Waals surface area (Å²) >= 11 is 6.75. The van der Waals surface area contributed by atoms with E-state index in [0.717, 1.165) is 14.5 Å². The number of halogens is 2. The molecule has 1 heterocycles. The number of nitrogens with zero attached hydrogens (tertiary/aromatic N) is 1. The highest BCUT2D eigenvalue weighted by Gasteiger charge is 2.09. The smallest absolute Gasteiger partial charge is 0.255 e. The van der Waals surface area contributed by atoms with Crippen LogP contribution < -0.4 is 5.32 Å². The fourth-order valence-corrected chi connectivity index (χ4v) is 2.05. The van der Waals surface area contributed by atoms with Crippen molar-refractivity contribution in [1.29, 1.82) is 0 Å². The Morgan fingerprint density at radius 1 is 1.22 bits per heavy atom. The quantitative estimate of drug-likeness (QED) is 0.863. The van der Waals surface area contributed by atoms with Gasteiger partial charge in [0.1, 0.15) is 0 Å². The molecule has 1 aromatic heterocycles. The average Bonchev–Trinajstić information content (AvgIpc) is 2.35.